The summed E-state index contributed by atoms with van der Waals surface area (Å²) < 4.78 is 40.6. The van der Waals surface area contributed by atoms with E-state index in [2.05, 4.69) is 26.2 Å². The molecule has 1 aromatic carbocycles. The smallest absolute Gasteiger partial charge is 0.320 e. The lowest BCUT2D eigenvalue weighted by molar-refractivity contribution is -0.137. The molecule has 2 rings (SSSR count). The van der Waals surface area contributed by atoms with Crippen LogP contribution in [0.4, 0.5) is 13.2 Å². The molecule has 0 saturated heterocycles. The van der Waals surface area contributed by atoms with Gasteiger partial charge in [0.1, 0.15) is 5.69 Å². The average Bonchev–Trinajstić information content (AvgIpc) is 2.76. The van der Waals surface area contributed by atoms with Gasteiger partial charge in [0, 0.05) is 4.47 Å². The standard InChI is InChI=1S/C12H12BrF3N4/c1-11(2,17)10-6-20(19-18-10)9-4-3-7(13)5-8(9)12(14,15)16/h3-6H,17H2,1-2H3. The summed E-state index contributed by atoms with van der Waals surface area (Å²) in [6.07, 6.45) is -3.08. The number of halogens is 4. The monoisotopic (exact) mass is 348 g/mol. The number of rotatable bonds is 2. The van der Waals surface area contributed by atoms with Gasteiger partial charge in [0.15, 0.2) is 0 Å². The molecule has 4 nitrogen and oxygen atoms in total. The molecule has 0 fully saturated rings. The minimum absolute atomic E-state index is 0.0938. The summed E-state index contributed by atoms with van der Waals surface area (Å²) in [7, 11) is 0. The third-order valence-corrected chi connectivity index (χ3v) is 3.16. The van der Waals surface area contributed by atoms with Crippen LogP contribution in [0.15, 0.2) is 28.9 Å². The normalized spacial score (nSPS) is 12.8. The quantitative estimate of drug-likeness (QED) is 0.906. The van der Waals surface area contributed by atoms with E-state index < -0.39 is 17.3 Å². The van der Waals surface area contributed by atoms with Crippen molar-refractivity contribution in [3.05, 3.63) is 40.1 Å². The molecule has 2 aromatic rings. The van der Waals surface area contributed by atoms with Crippen LogP contribution >= 0.6 is 15.9 Å². The van der Waals surface area contributed by atoms with Crippen LogP contribution in [0.5, 0.6) is 0 Å². The van der Waals surface area contributed by atoms with Crippen molar-refractivity contribution < 1.29 is 13.2 Å². The second kappa shape index (κ2) is 4.85. The van der Waals surface area contributed by atoms with E-state index in [1.54, 1.807) is 13.8 Å². The maximum absolute atomic E-state index is 13.0. The van der Waals surface area contributed by atoms with Crippen LogP contribution in [0.1, 0.15) is 25.1 Å². The Kier molecular flexibility index (Phi) is 3.64. The van der Waals surface area contributed by atoms with Crippen molar-refractivity contribution in [3.8, 4) is 5.69 Å². The molecular weight excluding hydrogens is 337 g/mol. The van der Waals surface area contributed by atoms with Crippen molar-refractivity contribution in [3.63, 3.8) is 0 Å². The van der Waals surface area contributed by atoms with Crippen LogP contribution in [-0.4, -0.2) is 15.0 Å². The summed E-state index contributed by atoms with van der Waals surface area (Å²) in [5.41, 5.74) is 4.60. The fourth-order valence-corrected chi connectivity index (χ4v) is 1.97. The van der Waals surface area contributed by atoms with Crippen LogP contribution < -0.4 is 5.73 Å². The molecule has 0 spiro atoms. The zero-order valence-corrected chi connectivity index (χ0v) is 12.3. The lowest BCUT2D eigenvalue weighted by Crippen LogP contribution is -2.29. The molecule has 108 valence electrons. The highest BCUT2D eigenvalue weighted by Crippen LogP contribution is 2.35. The fraction of sp³-hybridized carbons (Fsp3) is 0.333. The van der Waals surface area contributed by atoms with Crippen LogP contribution in [0.3, 0.4) is 0 Å². The predicted octanol–water partition coefficient (Wildman–Crippen LogP) is 3.24. The van der Waals surface area contributed by atoms with Gasteiger partial charge in [-0.2, -0.15) is 13.2 Å². The first kappa shape index (κ1) is 15.0. The lowest BCUT2D eigenvalue weighted by Gasteiger charge is -2.14. The van der Waals surface area contributed by atoms with Gasteiger partial charge in [-0.15, -0.1) is 5.10 Å². The first-order chi connectivity index (χ1) is 9.09. The summed E-state index contributed by atoms with van der Waals surface area (Å²) >= 11 is 3.03. The van der Waals surface area contributed by atoms with E-state index in [1.165, 1.54) is 18.3 Å². The van der Waals surface area contributed by atoms with Crippen molar-refractivity contribution >= 4 is 15.9 Å². The lowest BCUT2D eigenvalue weighted by atomic mass is 10.0. The Labute approximate surface area is 121 Å². The molecule has 0 aliphatic carbocycles. The minimum Gasteiger partial charge on any atom is -0.320 e. The van der Waals surface area contributed by atoms with E-state index >= 15 is 0 Å². The maximum Gasteiger partial charge on any atom is 0.418 e. The third-order valence-electron chi connectivity index (χ3n) is 2.66. The maximum atomic E-state index is 13.0. The first-order valence-corrected chi connectivity index (χ1v) is 6.47. The van der Waals surface area contributed by atoms with Gasteiger partial charge in [0.25, 0.3) is 0 Å². The number of nitrogens with two attached hydrogens (primary N) is 1. The molecule has 1 aromatic heterocycles. The molecule has 0 saturated carbocycles. The highest BCUT2D eigenvalue weighted by atomic mass is 79.9. The van der Waals surface area contributed by atoms with Gasteiger partial charge in [0.05, 0.1) is 23.0 Å². The summed E-state index contributed by atoms with van der Waals surface area (Å²) in [6.45, 7) is 3.40. The van der Waals surface area contributed by atoms with Gasteiger partial charge in [-0.25, -0.2) is 4.68 Å². The number of hydrogen-bond donors (Lipinski definition) is 1. The highest BCUT2D eigenvalue weighted by Gasteiger charge is 2.34. The first-order valence-electron chi connectivity index (χ1n) is 5.68. The zero-order valence-electron chi connectivity index (χ0n) is 10.7. The number of hydrogen-bond acceptors (Lipinski definition) is 3. The molecule has 8 heteroatoms. The van der Waals surface area contributed by atoms with Crippen LogP contribution in [0.25, 0.3) is 5.69 Å². The third kappa shape index (κ3) is 3.01. The molecule has 0 unspecified atom stereocenters. The molecule has 0 atom stereocenters. The molecular formula is C12H12BrF3N4. The number of benzene rings is 1. The van der Waals surface area contributed by atoms with E-state index in [-0.39, 0.29) is 5.69 Å². The van der Waals surface area contributed by atoms with E-state index in [0.29, 0.717) is 10.2 Å². The second-order valence-corrected chi connectivity index (χ2v) is 5.84. The van der Waals surface area contributed by atoms with Crippen molar-refractivity contribution in [2.24, 2.45) is 5.73 Å². The van der Waals surface area contributed by atoms with Gasteiger partial charge in [-0.05, 0) is 32.0 Å². The number of alkyl halides is 3. The molecule has 20 heavy (non-hydrogen) atoms. The Balaban J connectivity index is 2.56. The summed E-state index contributed by atoms with van der Waals surface area (Å²) in [5, 5.41) is 7.55. The van der Waals surface area contributed by atoms with Crippen molar-refractivity contribution in [1.82, 2.24) is 15.0 Å². The van der Waals surface area contributed by atoms with Crippen molar-refractivity contribution in [1.29, 1.82) is 0 Å². The largest absolute Gasteiger partial charge is 0.418 e. The van der Waals surface area contributed by atoms with Crippen LogP contribution in [-0.2, 0) is 11.7 Å². The summed E-state index contributed by atoms with van der Waals surface area (Å²) in [5.74, 6) is 0. The van der Waals surface area contributed by atoms with Gasteiger partial charge < -0.3 is 5.73 Å². The van der Waals surface area contributed by atoms with Gasteiger partial charge in [-0.3, -0.25) is 0 Å². The second-order valence-electron chi connectivity index (χ2n) is 4.93. The molecule has 0 aliphatic rings. The fourth-order valence-electron chi connectivity index (χ4n) is 1.61. The zero-order chi connectivity index (χ0) is 15.1. The summed E-state index contributed by atoms with van der Waals surface area (Å²) in [6, 6.07) is 3.85. The van der Waals surface area contributed by atoms with Crippen molar-refractivity contribution in [2.45, 2.75) is 25.6 Å². The Bertz CT molecular complexity index is 628. The van der Waals surface area contributed by atoms with Gasteiger partial charge >= 0.3 is 6.18 Å². The Morgan fingerprint density at radius 1 is 1.25 bits per heavy atom. The molecule has 0 bridgehead atoms. The molecule has 0 radical (unpaired) electrons. The molecule has 0 amide bonds. The highest BCUT2D eigenvalue weighted by molar-refractivity contribution is 9.10. The summed E-state index contributed by atoms with van der Waals surface area (Å²) in [4.78, 5) is 0. The van der Waals surface area contributed by atoms with E-state index in [1.807, 2.05) is 0 Å². The Hall–Kier alpha value is -1.41. The van der Waals surface area contributed by atoms with Crippen LogP contribution in [0, 0.1) is 0 Å². The molecule has 1 heterocycles. The average molecular weight is 349 g/mol. The SMILES string of the molecule is CC(C)(N)c1cn(-c2ccc(Br)cc2C(F)(F)F)nn1. The molecule has 2 N–H and O–H groups in total. The van der Waals surface area contributed by atoms with Crippen molar-refractivity contribution in [2.75, 3.05) is 0 Å². The van der Waals surface area contributed by atoms with Gasteiger partial charge in [-0.1, -0.05) is 21.1 Å². The number of nitrogens with zero attached hydrogens (tertiary/aromatic N) is 3. The topological polar surface area (TPSA) is 56.7 Å². The van der Waals surface area contributed by atoms with E-state index in [9.17, 15) is 13.2 Å². The number of aromatic nitrogens is 3. The van der Waals surface area contributed by atoms with E-state index in [4.69, 9.17) is 5.73 Å². The Morgan fingerprint density at radius 2 is 1.90 bits per heavy atom. The molecule has 0 aliphatic heterocycles. The predicted molar refractivity (Wildman–Crippen MR) is 71.3 cm³/mol. The van der Waals surface area contributed by atoms with E-state index in [0.717, 1.165) is 10.7 Å². The van der Waals surface area contributed by atoms with Gasteiger partial charge in [0.2, 0.25) is 0 Å². The van der Waals surface area contributed by atoms with Crippen LogP contribution in [0.2, 0.25) is 0 Å². The Morgan fingerprint density at radius 3 is 2.40 bits per heavy atom. The minimum atomic E-state index is -4.48.